The van der Waals surface area contributed by atoms with E-state index in [9.17, 15) is 19.7 Å². The summed E-state index contributed by atoms with van der Waals surface area (Å²) >= 11 is 0. The van der Waals surface area contributed by atoms with E-state index in [1.165, 1.54) is 10.9 Å². The van der Waals surface area contributed by atoms with Gasteiger partial charge in [-0.25, -0.2) is 9.67 Å². The topological polar surface area (TPSA) is 150 Å². The van der Waals surface area contributed by atoms with Crippen LogP contribution < -0.4 is 10.6 Å². The Bertz CT molecular complexity index is 1540. The molecule has 2 aliphatic rings. The molecule has 4 aromatic rings. The quantitative estimate of drug-likeness (QED) is 0.188. The maximum Gasteiger partial charge on any atom is 0.307 e. The molecule has 0 radical (unpaired) electrons. The zero-order chi connectivity index (χ0) is 26.2. The van der Waals surface area contributed by atoms with Crippen LogP contribution in [0.4, 0.5) is 5.69 Å². The summed E-state index contributed by atoms with van der Waals surface area (Å²) in [6.07, 6.45) is 6.48. The Kier molecular flexibility index (Phi) is 6.06. The van der Waals surface area contributed by atoms with Crippen LogP contribution in [0.5, 0.6) is 0 Å². The molecule has 12 heteroatoms. The van der Waals surface area contributed by atoms with Gasteiger partial charge in [-0.3, -0.25) is 24.4 Å². The van der Waals surface area contributed by atoms with Crippen molar-refractivity contribution in [2.24, 2.45) is 0 Å². The third-order valence-electron chi connectivity index (χ3n) is 6.76. The van der Waals surface area contributed by atoms with Crippen molar-refractivity contribution >= 4 is 28.5 Å². The third kappa shape index (κ3) is 4.84. The summed E-state index contributed by atoms with van der Waals surface area (Å²) < 4.78 is 3.05. The third-order valence-corrected chi connectivity index (χ3v) is 6.76. The summed E-state index contributed by atoms with van der Waals surface area (Å²) in [5, 5.41) is 25.9. The average Bonchev–Trinajstić information content (AvgIpc) is 3.86. The number of carbonyl (C=O) groups excluding carboxylic acids is 2. The molecule has 38 heavy (non-hydrogen) atoms. The lowest BCUT2D eigenvalue weighted by Gasteiger charge is -2.10. The Morgan fingerprint density at radius 1 is 1.05 bits per heavy atom. The second kappa shape index (κ2) is 9.69. The molecule has 6 rings (SSSR count). The summed E-state index contributed by atoms with van der Waals surface area (Å²) in [5.74, 6) is 0.0809. The first-order chi connectivity index (χ1) is 18.5. The molecular formula is C26H26N8O4. The van der Waals surface area contributed by atoms with Crippen LogP contribution in [0, 0.1) is 10.1 Å². The Hall–Kier alpha value is -4.61. The number of benzene rings is 1. The van der Waals surface area contributed by atoms with E-state index >= 15 is 0 Å². The molecule has 2 amide bonds. The molecule has 0 atom stereocenters. The van der Waals surface area contributed by atoms with E-state index in [-0.39, 0.29) is 37.1 Å². The van der Waals surface area contributed by atoms with Gasteiger partial charge < -0.3 is 10.6 Å². The molecule has 2 N–H and O–H groups in total. The molecule has 0 unspecified atom stereocenters. The van der Waals surface area contributed by atoms with Gasteiger partial charge in [0.15, 0.2) is 5.65 Å². The molecule has 3 aromatic heterocycles. The van der Waals surface area contributed by atoms with Crippen LogP contribution in [-0.4, -0.2) is 54.4 Å². The van der Waals surface area contributed by atoms with Crippen LogP contribution >= 0.6 is 0 Å². The summed E-state index contributed by atoms with van der Waals surface area (Å²) in [6.45, 7) is 0.273. The average molecular weight is 515 g/mol. The molecule has 0 bridgehead atoms. The summed E-state index contributed by atoms with van der Waals surface area (Å²) in [7, 11) is 0. The van der Waals surface area contributed by atoms with Crippen molar-refractivity contribution in [1.82, 2.24) is 35.2 Å². The second-order valence-corrected chi connectivity index (χ2v) is 9.73. The first kappa shape index (κ1) is 23.8. The Labute approximate surface area is 217 Å². The Morgan fingerprint density at radius 2 is 1.79 bits per heavy atom. The summed E-state index contributed by atoms with van der Waals surface area (Å²) in [4.78, 5) is 40.8. The zero-order valence-electron chi connectivity index (χ0n) is 20.5. The fraction of sp³-hybridized carbons (Fsp3) is 0.346. The molecule has 2 saturated carbocycles. The SMILES string of the molecule is O=C(Cn1cc([N+](=O)[O-])cn1)NCCNC(=O)c1cc(C2CC2)nc2c1c(C1CC1)nn2-c1ccccc1. The van der Waals surface area contributed by atoms with Crippen molar-refractivity contribution in [3.05, 3.63) is 75.9 Å². The lowest BCUT2D eigenvalue weighted by molar-refractivity contribution is -0.385. The van der Waals surface area contributed by atoms with Gasteiger partial charge in [0, 0.05) is 30.6 Å². The first-order valence-electron chi connectivity index (χ1n) is 12.7. The predicted octanol–water partition coefficient (Wildman–Crippen LogP) is 2.83. The molecule has 2 aliphatic carbocycles. The van der Waals surface area contributed by atoms with Crippen LogP contribution in [0.15, 0.2) is 48.8 Å². The van der Waals surface area contributed by atoms with Crippen molar-refractivity contribution in [3.8, 4) is 5.69 Å². The highest BCUT2D eigenvalue weighted by Crippen LogP contribution is 2.45. The number of para-hydroxylation sites is 1. The number of hydrogen-bond donors (Lipinski definition) is 2. The standard InChI is InChI=1S/C26H26N8O4/c35-22(15-32-14-19(13-29-32)34(37)38)27-10-11-28-26(36)20-12-21(16-6-7-16)30-25-23(20)24(17-8-9-17)31-33(25)18-4-2-1-3-5-18/h1-5,12-14,16-17H,6-11,15H2,(H,27,35)(H,28,36). The van der Waals surface area contributed by atoms with Gasteiger partial charge in [-0.2, -0.15) is 10.2 Å². The van der Waals surface area contributed by atoms with Gasteiger partial charge in [0.2, 0.25) is 5.91 Å². The van der Waals surface area contributed by atoms with Crippen LogP contribution in [-0.2, 0) is 11.3 Å². The number of nitrogens with one attached hydrogen (secondary N) is 2. The highest BCUT2D eigenvalue weighted by molar-refractivity contribution is 6.07. The van der Waals surface area contributed by atoms with E-state index < -0.39 is 4.92 Å². The van der Waals surface area contributed by atoms with Crippen LogP contribution in [0.25, 0.3) is 16.7 Å². The summed E-state index contributed by atoms with van der Waals surface area (Å²) in [5.41, 5.74) is 3.81. The number of amides is 2. The maximum atomic E-state index is 13.4. The fourth-order valence-electron chi connectivity index (χ4n) is 4.53. The number of nitrogens with zero attached hydrogens (tertiary/aromatic N) is 6. The van der Waals surface area contributed by atoms with E-state index in [1.54, 1.807) is 0 Å². The normalized spacial score (nSPS) is 14.9. The maximum absolute atomic E-state index is 13.4. The van der Waals surface area contributed by atoms with Crippen molar-refractivity contribution < 1.29 is 14.5 Å². The van der Waals surface area contributed by atoms with Gasteiger partial charge in [0.1, 0.15) is 18.9 Å². The van der Waals surface area contributed by atoms with Crippen molar-refractivity contribution in [1.29, 1.82) is 0 Å². The van der Waals surface area contributed by atoms with E-state index in [0.29, 0.717) is 23.0 Å². The van der Waals surface area contributed by atoms with Crippen LogP contribution in [0.2, 0.25) is 0 Å². The largest absolute Gasteiger partial charge is 0.353 e. The molecule has 12 nitrogen and oxygen atoms in total. The van der Waals surface area contributed by atoms with E-state index in [2.05, 4.69) is 15.7 Å². The smallest absolute Gasteiger partial charge is 0.307 e. The molecular weight excluding hydrogens is 488 g/mol. The van der Waals surface area contributed by atoms with E-state index in [1.807, 2.05) is 41.1 Å². The molecule has 2 fully saturated rings. The van der Waals surface area contributed by atoms with E-state index in [4.69, 9.17) is 10.1 Å². The lowest BCUT2D eigenvalue weighted by atomic mass is 10.0. The Balaban J connectivity index is 1.19. The number of carbonyl (C=O) groups is 2. The van der Waals surface area contributed by atoms with Crippen LogP contribution in [0.3, 0.4) is 0 Å². The minimum Gasteiger partial charge on any atom is -0.353 e. The van der Waals surface area contributed by atoms with Gasteiger partial charge in [0.05, 0.1) is 27.3 Å². The molecule has 3 heterocycles. The van der Waals surface area contributed by atoms with Gasteiger partial charge in [0.25, 0.3) is 5.91 Å². The number of nitro groups is 1. The second-order valence-electron chi connectivity index (χ2n) is 9.73. The summed E-state index contributed by atoms with van der Waals surface area (Å²) in [6, 6.07) is 11.7. The fourth-order valence-corrected chi connectivity index (χ4v) is 4.53. The van der Waals surface area contributed by atoms with E-state index in [0.717, 1.165) is 54.3 Å². The molecule has 0 aliphatic heterocycles. The first-order valence-corrected chi connectivity index (χ1v) is 12.7. The highest BCUT2D eigenvalue weighted by Gasteiger charge is 2.34. The minimum atomic E-state index is -0.570. The number of aromatic nitrogens is 5. The lowest BCUT2D eigenvalue weighted by Crippen LogP contribution is -2.36. The van der Waals surface area contributed by atoms with Crippen molar-refractivity contribution in [2.75, 3.05) is 13.1 Å². The number of pyridine rings is 1. The monoisotopic (exact) mass is 514 g/mol. The molecule has 0 spiro atoms. The van der Waals surface area contributed by atoms with Gasteiger partial charge in [-0.05, 0) is 43.9 Å². The highest BCUT2D eigenvalue weighted by atomic mass is 16.6. The number of fused-ring (bicyclic) bond motifs is 1. The zero-order valence-corrected chi connectivity index (χ0v) is 20.5. The molecule has 194 valence electrons. The van der Waals surface area contributed by atoms with Gasteiger partial charge >= 0.3 is 5.69 Å². The predicted molar refractivity (Wildman–Crippen MR) is 137 cm³/mol. The molecule has 1 aromatic carbocycles. The van der Waals surface area contributed by atoms with Gasteiger partial charge in [-0.1, -0.05) is 18.2 Å². The molecule has 0 saturated heterocycles. The minimum absolute atomic E-state index is 0.152. The van der Waals surface area contributed by atoms with Crippen molar-refractivity contribution in [2.45, 2.75) is 44.1 Å². The number of hydrogen-bond acceptors (Lipinski definition) is 7. The van der Waals surface area contributed by atoms with Gasteiger partial charge in [-0.15, -0.1) is 0 Å². The Morgan fingerprint density at radius 3 is 2.47 bits per heavy atom. The van der Waals surface area contributed by atoms with Crippen molar-refractivity contribution in [3.63, 3.8) is 0 Å². The van der Waals surface area contributed by atoms with Crippen LogP contribution in [0.1, 0.15) is 59.3 Å². The number of rotatable bonds is 10.